The number of rotatable bonds is 7. The van der Waals surface area contributed by atoms with Gasteiger partial charge in [0.1, 0.15) is 24.3 Å². The largest absolute Gasteiger partial charge is 0.490 e. The summed E-state index contributed by atoms with van der Waals surface area (Å²) in [5.74, 6) is 2.59. The maximum Gasteiger partial charge on any atom is 0.258 e. The summed E-state index contributed by atoms with van der Waals surface area (Å²) in [5, 5.41) is 22.7. The van der Waals surface area contributed by atoms with Crippen LogP contribution in [0, 0.1) is 20.8 Å². The maximum absolute atomic E-state index is 9.54. The van der Waals surface area contributed by atoms with Gasteiger partial charge in [-0.25, -0.2) is 4.98 Å². The van der Waals surface area contributed by atoms with Gasteiger partial charge in [-0.1, -0.05) is 5.16 Å². The summed E-state index contributed by atoms with van der Waals surface area (Å²) in [6, 6.07) is 7.82. The van der Waals surface area contributed by atoms with Crippen molar-refractivity contribution in [1.29, 1.82) is 0 Å². The number of aromatic nitrogens is 3. The zero-order chi connectivity index (χ0) is 22.0. The van der Waals surface area contributed by atoms with Crippen LogP contribution < -0.4 is 9.64 Å². The smallest absolute Gasteiger partial charge is 0.258 e. The molecule has 1 unspecified atom stereocenters. The average Bonchev–Trinajstić information content (AvgIpc) is 3.44. The van der Waals surface area contributed by atoms with Gasteiger partial charge in [0.15, 0.2) is 0 Å². The van der Waals surface area contributed by atoms with Crippen molar-refractivity contribution in [2.75, 3.05) is 31.2 Å². The molecule has 8 heteroatoms. The predicted molar refractivity (Wildman–Crippen MR) is 117 cm³/mol. The van der Waals surface area contributed by atoms with Gasteiger partial charge >= 0.3 is 0 Å². The zero-order valence-corrected chi connectivity index (χ0v) is 18.1. The van der Waals surface area contributed by atoms with Gasteiger partial charge in [-0.05, 0) is 69.0 Å². The van der Waals surface area contributed by atoms with Gasteiger partial charge < -0.3 is 24.4 Å². The number of aliphatic hydroxyl groups excluding tert-OH is 2. The molecule has 8 nitrogen and oxygen atoms in total. The highest BCUT2D eigenvalue weighted by atomic mass is 16.5. The van der Waals surface area contributed by atoms with Crippen LogP contribution in [-0.4, -0.2) is 57.7 Å². The second kappa shape index (κ2) is 9.03. The van der Waals surface area contributed by atoms with Gasteiger partial charge in [0.2, 0.25) is 5.82 Å². The number of aryl methyl sites for hydroxylation is 3. The van der Waals surface area contributed by atoms with E-state index in [1.54, 1.807) is 0 Å². The monoisotopic (exact) mass is 424 g/mol. The Morgan fingerprint density at radius 1 is 1.03 bits per heavy atom. The summed E-state index contributed by atoms with van der Waals surface area (Å²) in [5.41, 5.74) is 4.38. The third kappa shape index (κ3) is 4.70. The first-order valence-corrected chi connectivity index (χ1v) is 10.6. The van der Waals surface area contributed by atoms with Gasteiger partial charge in [0.05, 0.1) is 6.61 Å². The van der Waals surface area contributed by atoms with Crippen LogP contribution in [0.3, 0.4) is 0 Å². The molecule has 0 saturated carbocycles. The molecule has 1 saturated heterocycles. The van der Waals surface area contributed by atoms with Crippen molar-refractivity contribution in [3.05, 3.63) is 41.1 Å². The Morgan fingerprint density at radius 3 is 2.42 bits per heavy atom. The summed E-state index contributed by atoms with van der Waals surface area (Å²) >= 11 is 0. The summed E-state index contributed by atoms with van der Waals surface area (Å²) in [4.78, 5) is 11.6. The van der Waals surface area contributed by atoms with Crippen LogP contribution in [0.5, 0.6) is 5.75 Å². The topological polar surface area (TPSA) is 105 Å². The fourth-order valence-electron chi connectivity index (χ4n) is 3.88. The first kappa shape index (κ1) is 21.3. The fraction of sp³-hybridized carbons (Fsp3) is 0.435. The molecule has 0 aliphatic carbocycles. The first-order chi connectivity index (χ1) is 14.9. The molecule has 1 fully saturated rings. The van der Waals surface area contributed by atoms with E-state index in [0.717, 1.165) is 46.9 Å². The molecule has 0 amide bonds. The molecule has 0 spiro atoms. The molecule has 1 atom stereocenters. The minimum absolute atomic E-state index is 0.0324. The summed E-state index contributed by atoms with van der Waals surface area (Å²) in [6.45, 7) is 7.56. The summed E-state index contributed by atoms with van der Waals surface area (Å²) < 4.78 is 11.3. The van der Waals surface area contributed by atoms with Crippen LogP contribution in [0.2, 0.25) is 0 Å². The Balaban J connectivity index is 1.59. The van der Waals surface area contributed by atoms with Crippen LogP contribution in [0.4, 0.5) is 5.82 Å². The van der Waals surface area contributed by atoms with Crippen molar-refractivity contribution >= 4 is 5.82 Å². The first-order valence-electron chi connectivity index (χ1n) is 10.6. The van der Waals surface area contributed by atoms with Crippen molar-refractivity contribution in [1.82, 2.24) is 15.1 Å². The van der Waals surface area contributed by atoms with Gasteiger partial charge in [-0.3, -0.25) is 0 Å². The Bertz CT molecular complexity index is 1040. The number of anilines is 1. The van der Waals surface area contributed by atoms with E-state index < -0.39 is 6.10 Å². The molecule has 1 aliphatic heterocycles. The molecule has 3 heterocycles. The minimum atomic E-state index is -0.910. The van der Waals surface area contributed by atoms with Crippen LogP contribution in [0.25, 0.3) is 22.8 Å². The molecule has 1 aromatic carbocycles. The van der Waals surface area contributed by atoms with E-state index in [4.69, 9.17) is 14.4 Å². The Hall–Kier alpha value is -2.97. The van der Waals surface area contributed by atoms with Crippen molar-refractivity contribution in [3.8, 4) is 28.6 Å². The summed E-state index contributed by atoms with van der Waals surface area (Å²) in [7, 11) is 0. The molecular formula is C23H28N4O4. The van der Waals surface area contributed by atoms with E-state index in [9.17, 15) is 5.11 Å². The number of hydrogen-bond donors (Lipinski definition) is 2. The van der Waals surface area contributed by atoms with E-state index in [2.05, 4.69) is 20.0 Å². The standard InChI is InChI=1S/C23H28N4O4/c1-14-8-17(9-15(2)21(14)30-13-19(29)12-28)22-25-23(31-26-22)18-10-16(3)24-20(11-18)27-6-4-5-7-27/h8-11,19,28-29H,4-7,12-13H2,1-3H3. The predicted octanol–water partition coefficient (Wildman–Crippen LogP) is 3.06. The fourth-order valence-corrected chi connectivity index (χ4v) is 3.88. The molecule has 2 aromatic heterocycles. The van der Waals surface area contributed by atoms with E-state index in [-0.39, 0.29) is 13.2 Å². The normalized spacial score (nSPS) is 14.8. The molecule has 164 valence electrons. The van der Waals surface area contributed by atoms with Crippen molar-refractivity contribution in [2.45, 2.75) is 39.7 Å². The minimum Gasteiger partial charge on any atom is -0.490 e. The van der Waals surface area contributed by atoms with Crippen molar-refractivity contribution < 1.29 is 19.5 Å². The lowest BCUT2D eigenvalue weighted by molar-refractivity contribution is 0.0532. The third-order valence-electron chi connectivity index (χ3n) is 5.39. The quantitative estimate of drug-likeness (QED) is 0.596. The second-order valence-corrected chi connectivity index (χ2v) is 8.06. The lowest BCUT2D eigenvalue weighted by atomic mass is 10.1. The molecule has 1 aliphatic rings. The Labute approximate surface area is 181 Å². The third-order valence-corrected chi connectivity index (χ3v) is 5.39. The van der Waals surface area contributed by atoms with Gasteiger partial charge in [0.25, 0.3) is 5.89 Å². The van der Waals surface area contributed by atoms with Gasteiger partial charge in [-0.2, -0.15) is 4.98 Å². The molecule has 4 rings (SSSR count). The van der Waals surface area contributed by atoms with Crippen molar-refractivity contribution in [2.24, 2.45) is 0 Å². The van der Waals surface area contributed by atoms with E-state index in [0.29, 0.717) is 17.5 Å². The van der Waals surface area contributed by atoms with E-state index in [1.807, 2.05) is 45.0 Å². The van der Waals surface area contributed by atoms with Crippen LogP contribution in [0.1, 0.15) is 29.7 Å². The van der Waals surface area contributed by atoms with Crippen LogP contribution in [0.15, 0.2) is 28.8 Å². The SMILES string of the molecule is Cc1cc(-c2nc(-c3cc(C)c(OCC(O)CO)c(C)c3)no2)cc(N2CCCC2)n1. The maximum atomic E-state index is 9.54. The molecule has 3 aromatic rings. The zero-order valence-electron chi connectivity index (χ0n) is 18.1. The number of aliphatic hydroxyl groups is 2. The molecular weight excluding hydrogens is 396 g/mol. The highest BCUT2D eigenvalue weighted by molar-refractivity contribution is 5.65. The lowest BCUT2D eigenvalue weighted by Gasteiger charge is -2.17. The highest BCUT2D eigenvalue weighted by Gasteiger charge is 2.18. The van der Waals surface area contributed by atoms with Gasteiger partial charge in [-0.15, -0.1) is 0 Å². The number of hydrogen-bond acceptors (Lipinski definition) is 8. The van der Waals surface area contributed by atoms with Crippen molar-refractivity contribution in [3.63, 3.8) is 0 Å². The molecule has 31 heavy (non-hydrogen) atoms. The molecule has 0 bridgehead atoms. The molecule has 2 N–H and O–H groups in total. The van der Waals surface area contributed by atoms with E-state index >= 15 is 0 Å². The Morgan fingerprint density at radius 2 is 1.74 bits per heavy atom. The number of nitrogens with zero attached hydrogens (tertiary/aromatic N) is 4. The highest BCUT2D eigenvalue weighted by Crippen LogP contribution is 2.31. The number of benzene rings is 1. The van der Waals surface area contributed by atoms with Gasteiger partial charge in [0, 0.05) is 29.9 Å². The van der Waals surface area contributed by atoms with E-state index in [1.165, 1.54) is 12.8 Å². The molecule has 0 radical (unpaired) electrons. The summed E-state index contributed by atoms with van der Waals surface area (Å²) in [6.07, 6.45) is 1.47. The second-order valence-electron chi connectivity index (χ2n) is 8.06. The number of ether oxygens (including phenoxy) is 1. The van der Waals surface area contributed by atoms with Crippen LogP contribution in [-0.2, 0) is 0 Å². The van der Waals surface area contributed by atoms with Crippen LogP contribution >= 0.6 is 0 Å². The lowest BCUT2D eigenvalue weighted by Crippen LogP contribution is -2.21. The number of pyridine rings is 1. The average molecular weight is 425 g/mol. The Kier molecular flexibility index (Phi) is 6.20.